The van der Waals surface area contributed by atoms with E-state index in [2.05, 4.69) is 26.0 Å². The first-order valence-electron chi connectivity index (χ1n) is 5.31. The molecule has 0 radical (unpaired) electrons. The van der Waals surface area contributed by atoms with E-state index >= 15 is 0 Å². The maximum Gasteiger partial charge on any atom is 0.0593 e. The van der Waals surface area contributed by atoms with E-state index in [4.69, 9.17) is 0 Å². The Balaban J connectivity index is 4.54. The fraction of sp³-hybridized carbons (Fsp3) is 0.833. The second-order valence-electron chi connectivity index (χ2n) is 4.76. The van der Waals surface area contributed by atoms with E-state index in [0.29, 0.717) is 5.92 Å². The second kappa shape index (κ2) is 5.52. The summed E-state index contributed by atoms with van der Waals surface area (Å²) in [6.07, 6.45) is 3.69. The quantitative estimate of drug-likeness (QED) is 0.668. The van der Waals surface area contributed by atoms with Gasteiger partial charge in [0.15, 0.2) is 0 Å². The van der Waals surface area contributed by atoms with Gasteiger partial charge in [-0.1, -0.05) is 39.8 Å². The molecule has 0 aliphatic carbocycles. The highest BCUT2D eigenvalue weighted by Gasteiger charge is 2.33. The largest absolute Gasteiger partial charge is 0.396 e. The fourth-order valence-corrected chi connectivity index (χ4v) is 1.27. The van der Waals surface area contributed by atoms with Crippen molar-refractivity contribution in [1.82, 2.24) is 0 Å². The van der Waals surface area contributed by atoms with Crippen molar-refractivity contribution in [2.45, 2.75) is 40.7 Å². The monoisotopic (exact) mass is 200 g/mol. The molecule has 0 amide bonds. The molecule has 0 saturated carbocycles. The lowest BCUT2D eigenvalue weighted by Crippen LogP contribution is -2.39. The highest BCUT2D eigenvalue weighted by Crippen LogP contribution is 2.31. The van der Waals surface area contributed by atoms with Crippen LogP contribution in [-0.2, 0) is 0 Å². The molecule has 0 spiro atoms. The summed E-state index contributed by atoms with van der Waals surface area (Å²) in [7, 11) is 0. The van der Waals surface area contributed by atoms with E-state index in [1.54, 1.807) is 6.92 Å². The van der Waals surface area contributed by atoms with Gasteiger partial charge in [-0.3, -0.25) is 0 Å². The van der Waals surface area contributed by atoms with Gasteiger partial charge in [-0.25, -0.2) is 0 Å². The van der Waals surface area contributed by atoms with E-state index in [1.165, 1.54) is 0 Å². The predicted octanol–water partition coefficient (Wildman–Crippen LogP) is 2.21. The average Bonchev–Trinajstić information content (AvgIpc) is 2.12. The van der Waals surface area contributed by atoms with Crippen LogP contribution in [0.2, 0.25) is 0 Å². The molecule has 0 aromatic carbocycles. The number of hydrogen-bond donors (Lipinski definition) is 2. The number of hydrogen-bond acceptors (Lipinski definition) is 2. The van der Waals surface area contributed by atoms with E-state index in [-0.39, 0.29) is 12.5 Å². The summed E-state index contributed by atoms with van der Waals surface area (Å²) < 4.78 is 0. The molecule has 0 bridgehead atoms. The molecule has 3 atom stereocenters. The number of aliphatic hydroxyl groups excluding tert-OH is 2. The molecule has 0 fully saturated rings. The molecule has 0 saturated heterocycles. The Labute approximate surface area is 87.7 Å². The van der Waals surface area contributed by atoms with Crippen molar-refractivity contribution in [2.24, 2.45) is 17.3 Å². The van der Waals surface area contributed by atoms with Crippen LogP contribution in [0.4, 0.5) is 0 Å². The van der Waals surface area contributed by atoms with Crippen molar-refractivity contribution in [2.75, 3.05) is 6.61 Å². The Morgan fingerprint density at radius 1 is 1.14 bits per heavy atom. The minimum Gasteiger partial charge on any atom is -0.396 e. The van der Waals surface area contributed by atoms with E-state index in [0.717, 1.165) is 0 Å². The Bertz CT molecular complexity index is 185. The van der Waals surface area contributed by atoms with Gasteiger partial charge in [0.25, 0.3) is 0 Å². The lowest BCUT2D eigenvalue weighted by molar-refractivity contribution is -0.0180. The predicted molar refractivity (Wildman–Crippen MR) is 60.0 cm³/mol. The molecule has 0 aliphatic heterocycles. The van der Waals surface area contributed by atoms with E-state index in [1.807, 2.05) is 13.8 Å². The maximum absolute atomic E-state index is 9.61. The Kier molecular flexibility index (Phi) is 5.38. The van der Waals surface area contributed by atoms with Crippen molar-refractivity contribution in [3.63, 3.8) is 0 Å². The number of aliphatic hydroxyl groups is 2. The van der Waals surface area contributed by atoms with Crippen LogP contribution in [0.15, 0.2) is 12.2 Å². The van der Waals surface area contributed by atoms with E-state index in [9.17, 15) is 10.2 Å². The molecule has 2 nitrogen and oxygen atoms in total. The Hall–Kier alpha value is -0.340. The van der Waals surface area contributed by atoms with Gasteiger partial charge in [0.2, 0.25) is 0 Å². The topological polar surface area (TPSA) is 40.5 Å². The maximum atomic E-state index is 9.61. The molecule has 2 N–H and O–H groups in total. The second-order valence-corrected chi connectivity index (χ2v) is 4.76. The molecule has 1 unspecified atom stereocenters. The average molecular weight is 200 g/mol. The minimum absolute atomic E-state index is 0.00820. The smallest absolute Gasteiger partial charge is 0.0593 e. The zero-order valence-corrected chi connectivity index (χ0v) is 9.99. The molecule has 0 aromatic heterocycles. The normalized spacial score (nSPS) is 21.1. The number of allylic oxidation sites excluding steroid dienone is 2. The molecule has 0 heterocycles. The zero-order chi connectivity index (χ0) is 11.4. The summed E-state index contributed by atoms with van der Waals surface area (Å²) in [5.41, 5.74) is -0.439. The van der Waals surface area contributed by atoms with Crippen LogP contribution in [0.25, 0.3) is 0 Å². The molecular formula is C12H24O2. The highest BCUT2D eigenvalue weighted by molar-refractivity contribution is 4.98. The molecule has 84 valence electrons. The Morgan fingerprint density at radius 3 is 1.93 bits per heavy atom. The van der Waals surface area contributed by atoms with Crippen LogP contribution in [0.3, 0.4) is 0 Å². The lowest BCUT2D eigenvalue weighted by Gasteiger charge is -2.35. The molecule has 0 aliphatic rings. The van der Waals surface area contributed by atoms with Crippen molar-refractivity contribution < 1.29 is 10.2 Å². The van der Waals surface area contributed by atoms with Gasteiger partial charge >= 0.3 is 0 Å². The van der Waals surface area contributed by atoms with Gasteiger partial charge in [-0.05, 0) is 18.8 Å². The number of rotatable bonds is 5. The van der Waals surface area contributed by atoms with Crippen molar-refractivity contribution in [1.29, 1.82) is 0 Å². The first-order chi connectivity index (χ1) is 6.34. The summed E-state index contributed by atoms with van der Waals surface area (Å²) in [6, 6.07) is 0. The molecule has 2 heteroatoms. The minimum atomic E-state index is -0.501. The molecule has 0 rings (SSSR count). The molecule has 0 aromatic rings. The summed E-state index contributed by atoms with van der Waals surface area (Å²) in [5, 5.41) is 18.9. The highest BCUT2D eigenvalue weighted by atomic mass is 16.3. The van der Waals surface area contributed by atoms with Gasteiger partial charge < -0.3 is 10.2 Å². The zero-order valence-electron chi connectivity index (χ0n) is 9.99. The van der Waals surface area contributed by atoms with Crippen molar-refractivity contribution >= 4 is 0 Å². The third-order valence-corrected chi connectivity index (χ3v) is 3.12. The third kappa shape index (κ3) is 3.43. The van der Waals surface area contributed by atoms with Crippen molar-refractivity contribution in [3.8, 4) is 0 Å². The summed E-state index contributed by atoms with van der Waals surface area (Å²) in [4.78, 5) is 0. The lowest BCUT2D eigenvalue weighted by atomic mass is 9.74. The van der Waals surface area contributed by atoms with Gasteiger partial charge in [0.1, 0.15) is 0 Å². The van der Waals surface area contributed by atoms with Crippen LogP contribution in [0.1, 0.15) is 34.6 Å². The Morgan fingerprint density at radius 2 is 1.64 bits per heavy atom. The van der Waals surface area contributed by atoms with Crippen LogP contribution < -0.4 is 0 Å². The van der Waals surface area contributed by atoms with Gasteiger partial charge in [-0.2, -0.15) is 0 Å². The summed E-state index contributed by atoms with van der Waals surface area (Å²) in [5.74, 6) is 0.685. The first kappa shape index (κ1) is 13.7. The summed E-state index contributed by atoms with van der Waals surface area (Å²) in [6.45, 7) is 9.91. The fourth-order valence-electron chi connectivity index (χ4n) is 1.27. The van der Waals surface area contributed by atoms with E-state index < -0.39 is 11.5 Å². The van der Waals surface area contributed by atoms with Gasteiger partial charge in [-0.15, -0.1) is 0 Å². The van der Waals surface area contributed by atoms with Crippen molar-refractivity contribution in [3.05, 3.63) is 12.2 Å². The van der Waals surface area contributed by atoms with Crippen LogP contribution >= 0.6 is 0 Å². The summed E-state index contributed by atoms with van der Waals surface area (Å²) >= 11 is 0. The van der Waals surface area contributed by atoms with Crippen LogP contribution in [0, 0.1) is 17.3 Å². The third-order valence-electron chi connectivity index (χ3n) is 3.12. The van der Waals surface area contributed by atoms with Gasteiger partial charge in [0.05, 0.1) is 12.7 Å². The first-order valence-corrected chi connectivity index (χ1v) is 5.31. The molecule has 14 heavy (non-hydrogen) atoms. The van der Waals surface area contributed by atoms with Gasteiger partial charge in [0, 0.05) is 5.41 Å². The standard InChI is InChI=1S/C12H24O2/c1-9(2)6-7-10(3)12(5,8-13)11(4)14/h6-7,9-11,13-14H,8H2,1-5H3/b7-6+/t10-,11?,12+/m1/s1. The van der Waals surface area contributed by atoms with Crippen LogP contribution in [0.5, 0.6) is 0 Å². The van der Waals surface area contributed by atoms with Crippen LogP contribution in [-0.4, -0.2) is 22.9 Å². The SMILES string of the molecule is CC(C)/C=C/[C@@H](C)[C@](C)(CO)C(C)O. The molecular weight excluding hydrogens is 176 g/mol.